The molecule has 6 heteroatoms. The van der Waals surface area contributed by atoms with Crippen molar-refractivity contribution in [2.75, 3.05) is 20.1 Å². The zero-order valence-electron chi connectivity index (χ0n) is 15.8. The summed E-state index contributed by atoms with van der Waals surface area (Å²) in [6, 6.07) is 8.22. The minimum absolute atomic E-state index is 0.000553. The van der Waals surface area contributed by atoms with Gasteiger partial charge in [0.05, 0.1) is 5.25 Å². The van der Waals surface area contributed by atoms with Gasteiger partial charge in [0, 0.05) is 26.2 Å². The molecule has 1 N–H and O–H groups in total. The van der Waals surface area contributed by atoms with Gasteiger partial charge in [-0.15, -0.1) is 11.8 Å². The van der Waals surface area contributed by atoms with Crippen molar-refractivity contribution in [3.05, 3.63) is 35.4 Å². The van der Waals surface area contributed by atoms with Crippen LogP contribution in [0.25, 0.3) is 0 Å². The number of amides is 3. The van der Waals surface area contributed by atoms with E-state index in [1.807, 2.05) is 30.9 Å². The number of rotatable bonds is 6. The Labute approximate surface area is 155 Å². The summed E-state index contributed by atoms with van der Waals surface area (Å²) >= 11 is 1.72. The van der Waals surface area contributed by atoms with Crippen LogP contribution < -0.4 is 5.32 Å². The van der Waals surface area contributed by atoms with Crippen LogP contribution in [0.2, 0.25) is 0 Å². The first-order chi connectivity index (χ1) is 11.8. The molecule has 0 saturated carbocycles. The number of nitrogens with one attached hydrogen (secondary N) is 1. The predicted octanol–water partition coefficient (Wildman–Crippen LogP) is 3.40. The molecule has 1 aliphatic heterocycles. The normalized spacial score (nSPS) is 20.2. The van der Waals surface area contributed by atoms with Gasteiger partial charge >= 0.3 is 6.03 Å². The quantitative estimate of drug-likeness (QED) is 0.843. The highest BCUT2D eigenvalue weighted by Gasteiger charge is 2.40. The Bertz CT molecular complexity index is 620. The standard InChI is InChI=1S/C19H29N3O2S/c1-6-16-17(23)22(12-11-21(5)19(24)20-13(2)3)18(25-16)15-10-8-7-9-14(15)4/h7-10,13,16,18H,6,11-12H2,1-5H3,(H,20,24)/t16-,18-/m0/s1. The number of hydrogen-bond donors (Lipinski definition) is 1. The molecule has 138 valence electrons. The molecular formula is C19H29N3O2S. The zero-order chi connectivity index (χ0) is 18.6. The first-order valence-corrected chi connectivity index (χ1v) is 9.82. The molecule has 0 unspecified atom stereocenters. The Kier molecular flexibility index (Phi) is 6.76. The summed E-state index contributed by atoms with van der Waals surface area (Å²) < 4.78 is 0. The van der Waals surface area contributed by atoms with E-state index in [-0.39, 0.29) is 28.6 Å². The van der Waals surface area contributed by atoms with Gasteiger partial charge in [0.25, 0.3) is 0 Å². The van der Waals surface area contributed by atoms with Gasteiger partial charge in [-0.2, -0.15) is 0 Å². The fourth-order valence-corrected chi connectivity index (χ4v) is 4.43. The van der Waals surface area contributed by atoms with E-state index in [4.69, 9.17) is 0 Å². The van der Waals surface area contributed by atoms with Gasteiger partial charge < -0.3 is 15.1 Å². The first kappa shape index (κ1) is 19.6. The minimum atomic E-state index is -0.103. The Morgan fingerprint density at radius 1 is 1.36 bits per heavy atom. The van der Waals surface area contributed by atoms with Gasteiger partial charge in [-0.05, 0) is 38.3 Å². The molecule has 0 spiro atoms. The third kappa shape index (κ3) is 4.69. The van der Waals surface area contributed by atoms with Gasteiger partial charge in [0.2, 0.25) is 5.91 Å². The molecule has 5 nitrogen and oxygen atoms in total. The molecule has 25 heavy (non-hydrogen) atoms. The maximum atomic E-state index is 12.8. The van der Waals surface area contributed by atoms with Crippen LogP contribution >= 0.6 is 11.8 Å². The van der Waals surface area contributed by atoms with E-state index in [1.54, 1.807) is 23.7 Å². The van der Waals surface area contributed by atoms with E-state index in [0.29, 0.717) is 13.1 Å². The van der Waals surface area contributed by atoms with Crippen LogP contribution in [0.1, 0.15) is 43.7 Å². The van der Waals surface area contributed by atoms with Crippen LogP contribution in [0.4, 0.5) is 4.79 Å². The fraction of sp³-hybridized carbons (Fsp3) is 0.579. The lowest BCUT2D eigenvalue weighted by atomic mass is 10.1. The maximum absolute atomic E-state index is 12.8. The molecule has 1 aliphatic rings. The molecule has 3 amide bonds. The number of likely N-dealkylation sites (N-methyl/N-ethyl adjacent to an activating group) is 1. The van der Waals surface area contributed by atoms with E-state index in [0.717, 1.165) is 6.42 Å². The highest BCUT2D eigenvalue weighted by Crippen LogP contribution is 2.44. The third-order valence-corrected chi connectivity index (χ3v) is 6.02. The lowest BCUT2D eigenvalue weighted by molar-refractivity contribution is -0.130. The first-order valence-electron chi connectivity index (χ1n) is 8.88. The van der Waals surface area contributed by atoms with Crippen LogP contribution in [0.5, 0.6) is 0 Å². The molecule has 1 fully saturated rings. The SMILES string of the molecule is CC[C@@H]1S[C@@H](c2ccccc2C)N(CCN(C)C(=O)NC(C)C)C1=O. The van der Waals surface area contributed by atoms with E-state index in [9.17, 15) is 9.59 Å². The summed E-state index contributed by atoms with van der Waals surface area (Å²) in [7, 11) is 1.77. The Balaban J connectivity index is 2.11. The van der Waals surface area contributed by atoms with E-state index in [1.165, 1.54) is 11.1 Å². The van der Waals surface area contributed by atoms with E-state index in [2.05, 4.69) is 31.3 Å². The Hall–Kier alpha value is -1.69. The summed E-state index contributed by atoms with van der Waals surface area (Å²) in [4.78, 5) is 28.4. The molecule has 2 rings (SSSR count). The Morgan fingerprint density at radius 3 is 2.64 bits per heavy atom. The number of nitrogens with zero attached hydrogens (tertiary/aromatic N) is 2. The second-order valence-electron chi connectivity index (χ2n) is 6.80. The van der Waals surface area contributed by atoms with Crippen LogP contribution in [-0.2, 0) is 4.79 Å². The summed E-state index contributed by atoms with van der Waals surface area (Å²) in [6.07, 6.45) is 0.825. The molecule has 0 aromatic heterocycles. The highest BCUT2D eigenvalue weighted by molar-refractivity contribution is 8.01. The van der Waals surface area contributed by atoms with Crippen LogP contribution in [-0.4, -0.2) is 53.2 Å². The van der Waals surface area contributed by atoms with Crippen molar-refractivity contribution in [3.8, 4) is 0 Å². The third-order valence-electron chi connectivity index (χ3n) is 4.40. The smallest absolute Gasteiger partial charge is 0.317 e. The van der Waals surface area contributed by atoms with Crippen molar-refractivity contribution in [2.24, 2.45) is 0 Å². The average molecular weight is 364 g/mol. The van der Waals surface area contributed by atoms with Gasteiger partial charge in [0.15, 0.2) is 0 Å². The van der Waals surface area contributed by atoms with Gasteiger partial charge in [0.1, 0.15) is 5.37 Å². The molecule has 1 saturated heterocycles. The number of hydrogen-bond acceptors (Lipinski definition) is 3. The lowest BCUT2D eigenvalue weighted by Crippen LogP contribution is -2.44. The second kappa shape index (κ2) is 8.61. The minimum Gasteiger partial charge on any atom is -0.336 e. The topological polar surface area (TPSA) is 52.6 Å². The van der Waals surface area contributed by atoms with Crippen molar-refractivity contribution < 1.29 is 9.59 Å². The Morgan fingerprint density at radius 2 is 2.04 bits per heavy atom. The summed E-state index contributed by atoms with van der Waals surface area (Å²) in [6.45, 7) is 9.07. The van der Waals surface area contributed by atoms with Gasteiger partial charge in [-0.1, -0.05) is 31.2 Å². The average Bonchev–Trinajstić information content (AvgIpc) is 2.88. The van der Waals surface area contributed by atoms with Crippen LogP contribution in [0, 0.1) is 6.92 Å². The molecule has 1 heterocycles. The largest absolute Gasteiger partial charge is 0.336 e. The number of carbonyl (C=O) groups is 2. The molecule has 1 aromatic carbocycles. The van der Waals surface area contributed by atoms with Crippen molar-refractivity contribution in [2.45, 2.75) is 50.8 Å². The summed E-state index contributed by atoms with van der Waals surface area (Å²) in [5.41, 5.74) is 2.38. The molecular weight excluding hydrogens is 334 g/mol. The summed E-state index contributed by atoms with van der Waals surface area (Å²) in [5.74, 6) is 0.179. The van der Waals surface area contributed by atoms with Gasteiger partial charge in [-0.25, -0.2) is 4.79 Å². The van der Waals surface area contributed by atoms with E-state index < -0.39 is 0 Å². The lowest BCUT2D eigenvalue weighted by Gasteiger charge is -2.28. The number of thioether (sulfide) groups is 1. The molecule has 2 atom stereocenters. The second-order valence-corrected chi connectivity index (χ2v) is 8.09. The van der Waals surface area contributed by atoms with Crippen molar-refractivity contribution in [3.63, 3.8) is 0 Å². The fourth-order valence-electron chi connectivity index (χ4n) is 2.91. The van der Waals surface area contributed by atoms with Gasteiger partial charge in [-0.3, -0.25) is 4.79 Å². The highest BCUT2D eigenvalue weighted by atomic mass is 32.2. The number of aryl methyl sites for hydroxylation is 1. The van der Waals surface area contributed by atoms with Crippen LogP contribution in [0.3, 0.4) is 0 Å². The van der Waals surface area contributed by atoms with Crippen molar-refractivity contribution in [1.29, 1.82) is 0 Å². The van der Waals surface area contributed by atoms with E-state index >= 15 is 0 Å². The van der Waals surface area contributed by atoms with Crippen molar-refractivity contribution >= 4 is 23.7 Å². The number of carbonyl (C=O) groups excluding carboxylic acids is 2. The maximum Gasteiger partial charge on any atom is 0.317 e. The van der Waals surface area contributed by atoms with Crippen molar-refractivity contribution in [1.82, 2.24) is 15.1 Å². The molecule has 0 bridgehead atoms. The zero-order valence-corrected chi connectivity index (χ0v) is 16.6. The molecule has 0 aliphatic carbocycles. The summed E-state index contributed by atoms with van der Waals surface area (Å²) in [5, 5.41) is 2.91. The number of benzene rings is 1. The monoisotopic (exact) mass is 363 g/mol. The number of urea groups is 1. The molecule has 1 aromatic rings. The predicted molar refractivity (Wildman–Crippen MR) is 104 cm³/mol. The van der Waals surface area contributed by atoms with Crippen LogP contribution in [0.15, 0.2) is 24.3 Å². The molecule has 0 radical (unpaired) electrons.